The minimum atomic E-state index is -0.977. The van der Waals surface area contributed by atoms with Crippen LogP contribution in [0.15, 0.2) is 76.6 Å². The Morgan fingerprint density at radius 3 is 2.41 bits per heavy atom. The fraction of sp³-hybridized carbons (Fsp3) is 0.226. The first-order valence-electron chi connectivity index (χ1n) is 14.0. The highest BCUT2D eigenvalue weighted by Gasteiger charge is 2.57. The number of thioether (sulfide) groups is 1. The number of methoxy groups -OCH3 is 1. The van der Waals surface area contributed by atoms with Crippen LogP contribution >= 0.6 is 23.1 Å². The Kier molecular flexibility index (Phi) is 8.27. The zero-order valence-corrected chi connectivity index (χ0v) is 26.0. The van der Waals surface area contributed by atoms with Crippen molar-refractivity contribution in [2.45, 2.75) is 29.7 Å². The molecule has 3 amide bonds. The molecule has 2 aliphatic heterocycles. The van der Waals surface area contributed by atoms with E-state index in [2.05, 4.69) is 5.32 Å². The van der Waals surface area contributed by atoms with Gasteiger partial charge in [-0.05, 0) is 61.0 Å². The number of anilines is 2. The average Bonchev–Trinajstić information content (AvgIpc) is 3.48. The molecule has 0 saturated carbocycles. The minimum absolute atomic E-state index is 0.116. The summed E-state index contributed by atoms with van der Waals surface area (Å²) >= 11 is 1.92. The van der Waals surface area contributed by atoms with Crippen LogP contribution in [0, 0.1) is 16.0 Å². The van der Waals surface area contributed by atoms with E-state index in [0.29, 0.717) is 26.9 Å². The first kappa shape index (κ1) is 30.9. The van der Waals surface area contributed by atoms with Gasteiger partial charge in [-0.25, -0.2) is 4.90 Å². The zero-order valence-electron chi connectivity index (χ0n) is 24.4. The highest BCUT2D eigenvalue weighted by atomic mass is 32.2. The molecule has 4 aromatic rings. The number of aromatic nitrogens is 1. The molecule has 0 bridgehead atoms. The van der Waals surface area contributed by atoms with Crippen LogP contribution in [0.25, 0.3) is 0 Å². The molecule has 3 aromatic carbocycles. The predicted molar refractivity (Wildman–Crippen MR) is 170 cm³/mol. The van der Waals surface area contributed by atoms with Gasteiger partial charge in [-0.3, -0.25) is 33.9 Å². The lowest BCUT2D eigenvalue weighted by atomic mass is 9.83. The normalized spacial score (nSPS) is 18.6. The first-order chi connectivity index (χ1) is 22.1. The van der Waals surface area contributed by atoms with Crippen LogP contribution in [-0.4, -0.2) is 51.3 Å². The number of rotatable bonds is 9. The monoisotopic (exact) mass is 662 g/mol. The lowest BCUT2D eigenvalue weighted by molar-refractivity contribution is -0.384. The van der Waals surface area contributed by atoms with E-state index in [4.69, 9.17) is 9.47 Å². The second-order valence-electron chi connectivity index (χ2n) is 10.4. The number of imide groups is 1. The Morgan fingerprint density at radius 2 is 1.76 bits per heavy atom. The molecule has 1 fully saturated rings. The molecule has 1 saturated heterocycles. The number of fused-ring (bicyclic) bond motifs is 2. The third-order valence-electron chi connectivity index (χ3n) is 7.69. The number of ether oxygens (including phenoxy) is 2. The molecule has 15 heteroatoms. The summed E-state index contributed by atoms with van der Waals surface area (Å²) in [4.78, 5) is 66.2. The van der Waals surface area contributed by atoms with Gasteiger partial charge >= 0.3 is 4.87 Å². The molecule has 0 radical (unpaired) electrons. The topological polar surface area (TPSA) is 170 Å². The Bertz CT molecular complexity index is 1920. The fourth-order valence-electron chi connectivity index (χ4n) is 5.61. The van der Waals surface area contributed by atoms with Crippen LogP contribution in [0.3, 0.4) is 0 Å². The number of nitro benzene ring substituents is 1. The number of phenolic OH excluding ortho intramolecular Hbond substituents is 1. The number of aromatic hydroxyl groups is 1. The smallest absolute Gasteiger partial charge is 0.308 e. The van der Waals surface area contributed by atoms with E-state index in [9.17, 15) is 34.4 Å². The molecular formula is C31H26N4O9S2. The second kappa shape index (κ2) is 12.3. The SMILES string of the molecule is CCOc1cc([C@@H]2c3sc(=O)n(CC(=O)Nc4ccc(OC)cc4)c3S[C@@H]3C(=O)N(c4ccc([N+](=O)[O-])cc4)C(=O)[C@H]23)ccc1O. The Morgan fingerprint density at radius 1 is 1.04 bits per heavy atom. The molecule has 0 unspecified atom stereocenters. The molecule has 13 nitrogen and oxygen atoms in total. The van der Waals surface area contributed by atoms with E-state index >= 15 is 0 Å². The molecule has 46 heavy (non-hydrogen) atoms. The van der Waals surface area contributed by atoms with Gasteiger partial charge in [0.05, 0.1) is 35.3 Å². The van der Waals surface area contributed by atoms with E-state index in [-0.39, 0.29) is 36.0 Å². The number of phenols is 1. The first-order valence-corrected chi connectivity index (χ1v) is 15.7. The Labute approximate surface area is 269 Å². The maximum Gasteiger partial charge on any atom is 0.308 e. The maximum atomic E-state index is 14.1. The number of nitrogens with zero attached hydrogens (tertiary/aromatic N) is 3. The molecule has 1 aromatic heterocycles. The summed E-state index contributed by atoms with van der Waals surface area (Å²) in [7, 11) is 1.53. The summed E-state index contributed by atoms with van der Waals surface area (Å²) in [6, 6.07) is 16.4. The number of nitro groups is 1. The molecule has 2 aliphatic rings. The van der Waals surface area contributed by atoms with Gasteiger partial charge in [0.1, 0.15) is 17.5 Å². The van der Waals surface area contributed by atoms with Crippen molar-refractivity contribution in [3.63, 3.8) is 0 Å². The molecule has 0 aliphatic carbocycles. The lowest BCUT2D eigenvalue weighted by Crippen LogP contribution is -2.33. The van der Waals surface area contributed by atoms with Gasteiger partial charge in [0.2, 0.25) is 17.7 Å². The average molecular weight is 663 g/mol. The molecule has 3 atom stereocenters. The van der Waals surface area contributed by atoms with Crippen molar-refractivity contribution < 1.29 is 33.9 Å². The van der Waals surface area contributed by atoms with Gasteiger partial charge in [-0.1, -0.05) is 29.2 Å². The van der Waals surface area contributed by atoms with Crippen molar-refractivity contribution >= 4 is 57.9 Å². The van der Waals surface area contributed by atoms with Crippen molar-refractivity contribution in [1.82, 2.24) is 4.57 Å². The van der Waals surface area contributed by atoms with E-state index < -0.39 is 44.6 Å². The van der Waals surface area contributed by atoms with E-state index in [0.717, 1.165) is 28.0 Å². The Hall–Kier alpha value is -5.15. The number of non-ortho nitro benzene ring substituents is 1. The maximum absolute atomic E-state index is 14.1. The third kappa shape index (κ3) is 5.47. The van der Waals surface area contributed by atoms with Gasteiger partial charge in [0.15, 0.2) is 11.5 Å². The molecule has 0 spiro atoms. The summed E-state index contributed by atoms with van der Waals surface area (Å²) in [5, 5.41) is 23.7. The summed E-state index contributed by atoms with van der Waals surface area (Å²) < 4.78 is 12.0. The second-order valence-corrected chi connectivity index (χ2v) is 12.5. The highest BCUT2D eigenvalue weighted by molar-refractivity contribution is 8.00. The van der Waals surface area contributed by atoms with Crippen LogP contribution in [0.4, 0.5) is 17.1 Å². The van der Waals surface area contributed by atoms with Crippen LogP contribution in [0.5, 0.6) is 17.2 Å². The molecule has 3 heterocycles. The number of hydrogen-bond acceptors (Lipinski definition) is 11. The lowest BCUT2D eigenvalue weighted by Gasteiger charge is -2.31. The standard InChI is InChI=1S/C31H26N4O9S2/c1-3-44-22-14-16(4-13-21(22)36)24-25-26(29(39)34(28(25)38)18-7-9-19(10-8-18)35(41)42)45-30-27(24)46-31(40)33(30)15-23(37)32-17-5-11-20(43-2)12-6-17/h4-14,24-26,36H,3,15H2,1-2H3,(H,32,37)/t24-,25+,26-/m0/s1. The molecule has 6 rings (SSSR count). The molecule has 236 valence electrons. The van der Waals surface area contributed by atoms with Gasteiger partial charge in [0, 0.05) is 28.6 Å². The number of amides is 3. The van der Waals surface area contributed by atoms with Crippen LogP contribution in [0.2, 0.25) is 0 Å². The summed E-state index contributed by atoms with van der Waals surface area (Å²) in [6.45, 7) is 1.66. The van der Waals surface area contributed by atoms with Gasteiger partial charge in [-0.15, -0.1) is 0 Å². The highest BCUT2D eigenvalue weighted by Crippen LogP contribution is 2.54. The number of thiazole rings is 1. The molecular weight excluding hydrogens is 636 g/mol. The molecule has 2 N–H and O–H groups in total. The van der Waals surface area contributed by atoms with Gasteiger partial charge in [-0.2, -0.15) is 0 Å². The summed E-state index contributed by atoms with van der Waals surface area (Å²) in [5.74, 6) is -2.66. The van der Waals surface area contributed by atoms with Crippen LogP contribution in [0.1, 0.15) is 23.3 Å². The quantitative estimate of drug-likeness (QED) is 0.149. The van der Waals surface area contributed by atoms with Crippen LogP contribution in [-0.2, 0) is 20.9 Å². The fourth-order valence-corrected chi connectivity index (χ4v) is 8.38. The van der Waals surface area contributed by atoms with Gasteiger partial charge < -0.3 is 19.9 Å². The number of carbonyl (C=O) groups is 3. The Balaban J connectivity index is 1.41. The third-order valence-corrected chi connectivity index (χ3v) is 10.3. The van der Waals surface area contributed by atoms with Crippen LogP contribution < -0.4 is 24.6 Å². The minimum Gasteiger partial charge on any atom is -0.504 e. The number of nitrogens with one attached hydrogen (secondary N) is 1. The largest absolute Gasteiger partial charge is 0.504 e. The van der Waals surface area contributed by atoms with Crippen molar-refractivity contribution in [1.29, 1.82) is 0 Å². The van der Waals surface area contributed by atoms with E-state index in [1.54, 1.807) is 43.3 Å². The number of benzene rings is 3. The van der Waals surface area contributed by atoms with E-state index in [1.165, 1.54) is 42.0 Å². The van der Waals surface area contributed by atoms with Crippen molar-refractivity contribution in [3.8, 4) is 17.2 Å². The zero-order chi connectivity index (χ0) is 32.7. The summed E-state index contributed by atoms with van der Waals surface area (Å²) in [5.41, 5.74) is 1.01. The predicted octanol–water partition coefficient (Wildman–Crippen LogP) is 4.37. The summed E-state index contributed by atoms with van der Waals surface area (Å²) in [6.07, 6.45) is 0. The van der Waals surface area contributed by atoms with Crippen molar-refractivity contribution in [3.05, 3.63) is 97.0 Å². The van der Waals surface area contributed by atoms with Gasteiger partial charge in [0.25, 0.3) is 5.69 Å². The van der Waals surface area contributed by atoms with Crippen molar-refractivity contribution in [2.24, 2.45) is 5.92 Å². The van der Waals surface area contributed by atoms with Crippen molar-refractivity contribution in [2.75, 3.05) is 23.9 Å². The number of carbonyl (C=O) groups excluding carboxylic acids is 3. The number of hydrogen-bond donors (Lipinski definition) is 2. The van der Waals surface area contributed by atoms with E-state index in [1.807, 2.05) is 0 Å².